The zero-order valence-corrected chi connectivity index (χ0v) is 12.1. The van der Waals surface area contributed by atoms with Crippen molar-refractivity contribution < 1.29 is 13.2 Å². The van der Waals surface area contributed by atoms with Gasteiger partial charge in [0.2, 0.25) is 16.0 Å². The molecular formula is C11H18N4O3S. The van der Waals surface area contributed by atoms with Gasteiger partial charge in [-0.2, -0.15) is 0 Å². The van der Waals surface area contributed by atoms with Crippen molar-refractivity contribution in [3.63, 3.8) is 0 Å². The predicted octanol–water partition coefficient (Wildman–Crippen LogP) is -0.297. The van der Waals surface area contributed by atoms with E-state index >= 15 is 0 Å². The van der Waals surface area contributed by atoms with Gasteiger partial charge in [0.15, 0.2) is 0 Å². The third kappa shape index (κ3) is 3.02. The van der Waals surface area contributed by atoms with Crippen LogP contribution in [0.2, 0.25) is 0 Å². The molecule has 19 heavy (non-hydrogen) atoms. The third-order valence-electron chi connectivity index (χ3n) is 2.96. The fourth-order valence-electron chi connectivity index (χ4n) is 1.65. The highest BCUT2D eigenvalue weighted by Gasteiger charge is 2.35. The number of hydrogen-bond acceptors (Lipinski definition) is 6. The molecular weight excluding hydrogens is 268 g/mol. The number of hydrogen-bond donors (Lipinski definition) is 0. The average Bonchev–Trinajstić information content (AvgIpc) is 2.26. The Morgan fingerprint density at radius 1 is 1.26 bits per heavy atom. The van der Waals surface area contributed by atoms with Crippen LogP contribution in [0.15, 0.2) is 12.4 Å². The van der Waals surface area contributed by atoms with E-state index in [0.29, 0.717) is 5.95 Å². The van der Waals surface area contributed by atoms with E-state index in [2.05, 4.69) is 9.97 Å². The van der Waals surface area contributed by atoms with Crippen molar-refractivity contribution >= 4 is 16.0 Å². The monoisotopic (exact) mass is 286 g/mol. The summed E-state index contributed by atoms with van der Waals surface area (Å²) in [7, 11) is 1.98. The second-order valence-corrected chi connectivity index (χ2v) is 7.07. The summed E-state index contributed by atoms with van der Waals surface area (Å²) in [4.78, 5) is 10.1. The molecule has 2 rings (SSSR count). The Morgan fingerprint density at radius 2 is 1.84 bits per heavy atom. The van der Waals surface area contributed by atoms with Gasteiger partial charge in [0, 0.05) is 45.6 Å². The molecule has 0 aliphatic carbocycles. The summed E-state index contributed by atoms with van der Waals surface area (Å²) in [5.41, 5.74) is 0.761. The zero-order chi connectivity index (χ0) is 14.0. The predicted molar refractivity (Wildman–Crippen MR) is 71.4 cm³/mol. The van der Waals surface area contributed by atoms with Crippen molar-refractivity contribution in [2.45, 2.75) is 11.8 Å². The van der Waals surface area contributed by atoms with Gasteiger partial charge in [0.05, 0.1) is 13.2 Å². The smallest absolute Gasteiger partial charge is 0.224 e. The summed E-state index contributed by atoms with van der Waals surface area (Å²) >= 11 is 0. The molecule has 8 heteroatoms. The van der Waals surface area contributed by atoms with Gasteiger partial charge in [-0.1, -0.05) is 0 Å². The van der Waals surface area contributed by atoms with E-state index in [1.165, 1.54) is 4.31 Å². The van der Waals surface area contributed by atoms with Crippen molar-refractivity contribution in [2.75, 3.05) is 39.3 Å². The molecule has 0 aromatic carbocycles. The van der Waals surface area contributed by atoms with E-state index < -0.39 is 15.3 Å². The highest BCUT2D eigenvalue weighted by Crippen LogP contribution is 2.17. The van der Waals surface area contributed by atoms with Crippen molar-refractivity contribution in [1.29, 1.82) is 0 Å². The van der Waals surface area contributed by atoms with Crippen LogP contribution in [-0.4, -0.2) is 62.3 Å². The first kappa shape index (κ1) is 14.2. The first-order valence-corrected chi connectivity index (χ1v) is 7.42. The fourth-order valence-corrected chi connectivity index (χ4v) is 3.02. The molecule has 1 aliphatic heterocycles. The van der Waals surface area contributed by atoms with Gasteiger partial charge in [-0.15, -0.1) is 0 Å². The molecule has 1 fully saturated rings. The minimum atomic E-state index is -3.28. The number of sulfonamides is 1. The van der Waals surface area contributed by atoms with Crippen LogP contribution in [0.5, 0.6) is 0 Å². The van der Waals surface area contributed by atoms with Crippen molar-refractivity contribution in [3.05, 3.63) is 18.0 Å². The van der Waals surface area contributed by atoms with E-state index in [0.717, 1.165) is 5.56 Å². The van der Waals surface area contributed by atoms with E-state index in [9.17, 15) is 8.42 Å². The largest absolute Gasteiger partial charge is 0.378 e. The highest BCUT2D eigenvalue weighted by atomic mass is 32.2. The van der Waals surface area contributed by atoms with Gasteiger partial charge in [-0.05, 0) is 0 Å². The first-order chi connectivity index (χ1) is 8.91. The number of anilines is 1. The van der Waals surface area contributed by atoms with Crippen LogP contribution < -0.4 is 4.90 Å². The van der Waals surface area contributed by atoms with E-state index in [1.54, 1.807) is 24.3 Å². The van der Waals surface area contributed by atoms with Gasteiger partial charge in [0.1, 0.15) is 5.25 Å². The Kier molecular flexibility index (Phi) is 4.02. The van der Waals surface area contributed by atoms with Crippen LogP contribution in [0.25, 0.3) is 0 Å². The molecule has 0 radical (unpaired) electrons. The van der Waals surface area contributed by atoms with Gasteiger partial charge >= 0.3 is 0 Å². The molecule has 1 saturated heterocycles. The molecule has 0 amide bonds. The molecule has 1 aliphatic rings. The van der Waals surface area contributed by atoms with Crippen molar-refractivity contribution in [1.82, 2.24) is 14.3 Å². The summed E-state index contributed by atoms with van der Waals surface area (Å²) in [5.74, 6) is 0.599. The molecule has 0 saturated carbocycles. The summed E-state index contributed by atoms with van der Waals surface area (Å²) < 4.78 is 30.4. The number of rotatable bonds is 5. The molecule has 106 valence electrons. The van der Waals surface area contributed by atoms with Gasteiger partial charge < -0.3 is 9.64 Å². The number of aromatic nitrogens is 2. The molecule has 0 N–H and O–H groups in total. The first-order valence-electron chi connectivity index (χ1n) is 5.92. The number of ether oxygens (including phenoxy) is 1. The van der Waals surface area contributed by atoms with E-state index in [-0.39, 0.29) is 19.8 Å². The van der Waals surface area contributed by atoms with E-state index in [1.807, 2.05) is 14.1 Å². The quantitative estimate of drug-likeness (QED) is 0.740. The third-order valence-corrected chi connectivity index (χ3v) is 5.07. The Bertz CT molecular complexity index is 525. The normalized spacial score (nSPS) is 16.4. The highest BCUT2D eigenvalue weighted by molar-refractivity contribution is 7.89. The van der Waals surface area contributed by atoms with Crippen LogP contribution in [-0.2, 0) is 21.3 Å². The maximum absolute atomic E-state index is 12.1. The Labute approximate surface area is 113 Å². The number of nitrogens with zero attached hydrogens (tertiary/aromatic N) is 4. The van der Waals surface area contributed by atoms with Gasteiger partial charge in [-0.3, -0.25) is 0 Å². The standard InChI is InChI=1S/C11H18N4O3S/c1-14(2)11-12-4-9(5-13-11)6-15(3)19(16,17)10-7-18-8-10/h4-5,10H,6-8H2,1-3H3. The van der Waals surface area contributed by atoms with Gasteiger partial charge in [-0.25, -0.2) is 22.7 Å². The summed E-state index contributed by atoms with van der Waals surface area (Å²) in [5, 5.41) is -0.417. The molecule has 0 unspecified atom stereocenters. The molecule has 7 nitrogen and oxygen atoms in total. The maximum Gasteiger partial charge on any atom is 0.224 e. The van der Waals surface area contributed by atoms with Crippen LogP contribution >= 0.6 is 0 Å². The lowest BCUT2D eigenvalue weighted by molar-refractivity contribution is 0.0394. The molecule has 0 spiro atoms. The lowest BCUT2D eigenvalue weighted by atomic mass is 10.3. The maximum atomic E-state index is 12.1. The zero-order valence-electron chi connectivity index (χ0n) is 11.3. The summed E-state index contributed by atoms with van der Waals surface area (Å²) in [6, 6.07) is 0. The topological polar surface area (TPSA) is 75.6 Å². The molecule has 1 aromatic heterocycles. The molecule has 1 aromatic rings. The van der Waals surface area contributed by atoms with Crippen molar-refractivity contribution in [2.24, 2.45) is 0 Å². The Hall–Kier alpha value is -1.25. The van der Waals surface area contributed by atoms with Crippen molar-refractivity contribution in [3.8, 4) is 0 Å². The SMILES string of the molecule is CN(C)c1ncc(CN(C)S(=O)(=O)C2COC2)cn1. The Morgan fingerprint density at radius 3 is 2.26 bits per heavy atom. The fraction of sp³-hybridized carbons (Fsp3) is 0.636. The van der Waals surface area contributed by atoms with Crippen LogP contribution in [0.3, 0.4) is 0 Å². The second kappa shape index (κ2) is 5.40. The van der Waals surface area contributed by atoms with E-state index in [4.69, 9.17) is 4.74 Å². The van der Waals surface area contributed by atoms with Gasteiger partial charge in [0.25, 0.3) is 0 Å². The summed E-state index contributed by atoms with van der Waals surface area (Å²) in [6.07, 6.45) is 3.29. The lowest BCUT2D eigenvalue weighted by Crippen LogP contribution is -2.47. The summed E-state index contributed by atoms with van der Waals surface area (Å²) in [6.45, 7) is 0.831. The molecule has 2 heterocycles. The minimum absolute atomic E-state index is 0.270. The molecule has 0 bridgehead atoms. The lowest BCUT2D eigenvalue weighted by Gasteiger charge is -2.30. The second-order valence-electron chi connectivity index (χ2n) is 4.75. The van der Waals surface area contributed by atoms with Crippen LogP contribution in [0, 0.1) is 0 Å². The van der Waals surface area contributed by atoms with Crippen LogP contribution in [0.4, 0.5) is 5.95 Å². The van der Waals surface area contributed by atoms with Crippen LogP contribution in [0.1, 0.15) is 5.56 Å². The Balaban J connectivity index is 2.04. The molecule has 0 atom stereocenters. The average molecular weight is 286 g/mol. The minimum Gasteiger partial charge on any atom is -0.378 e.